The van der Waals surface area contributed by atoms with Crippen molar-refractivity contribution in [1.29, 1.82) is 0 Å². The van der Waals surface area contributed by atoms with Crippen LogP contribution in [0.1, 0.15) is 30.5 Å². The van der Waals surface area contributed by atoms with Gasteiger partial charge < -0.3 is 10.2 Å². The highest BCUT2D eigenvalue weighted by Gasteiger charge is 2.31. The largest absolute Gasteiger partial charge is 0.354 e. The predicted octanol–water partition coefficient (Wildman–Crippen LogP) is 5.57. The van der Waals surface area contributed by atoms with Crippen LogP contribution in [-0.4, -0.2) is 29.3 Å². The number of carbonyl (C=O) groups is 2. The van der Waals surface area contributed by atoms with Gasteiger partial charge in [0.2, 0.25) is 11.8 Å². The zero-order valence-electron chi connectivity index (χ0n) is 19.8. The Balaban J connectivity index is 2.01. The van der Waals surface area contributed by atoms with E-state index in [-0.39, 0.29) is 47.4 Å². The fourth-order valence-electron chi connectivity index (χ4n) is 3.74. The van der Waals surface area contributed by atoms with Gasteiger partial charge in [-0.3, -0.25) is 9.59 Å². The third kappa shape index (κ3) is 7.36. The van der Waals surface area contributed by atoms with Crippen molar-refractivity contribution >= 4 is 23.4 Å². The fraction of sp³-hybridized carbons (Fsp3) is 0.286. The Morgan fingerprint density at radius 3 is 2.23 bits per heavy atom. The van der Waals surface area contributed by atoms with Crippen LogP contribution in [0.3, 0.4) is 0 Å². The third-order valence-electron chi connectivity index (χ3n) is 5.64. The number of amides is 2. The van der Waals surface area contributed by atoms with Gasteiger partial charge in [0.05, 0.1) is 6.42 Å². The van der Waals surface area contributed by atoms with E-state index >= 15 is 0 Å². The molecule has 0 spiro atoms. The van der Waals surface area contributed by atoms with Gasteiger partial charge in [0.15, 0.2) is 0 Å². The van der Waals surface area contributed by atoms with Crippen LogP contribution in [0.15, 0.2) is 72.8 Å². The van der Waals surface area contributed by atoms with E-state index in [1.165, 1.54) is 29.2 Å². The first kappa shape index (κ1) is 26.4. The second-order valence-corrected chi connectivity index (χ2v) is 9.24. The van der Waals surface area contributed by atoms with E-state index in [9.17, 15) is 18.4 Å². The number of halogens is 3. The zero-order chi connectivity index (χ0) is 25.4. The highest BCUT2D eigenvalue weighted by atomic mass is 35.5. The molecule has 3 aromatic rings. The minimum atomic E-state index is -0.936. The molecule has 3 rings (SSSR count). The van der Waals surface area contributed by atoms with Gasteiger partial charge in [-0.05, 0) is 29.7 Å². The highest BCUT2D eigenvalue weighted by molar-refractivity contribution is 6.31. The van der Waals surface area contributed by atoms with Crippen molar-refractivity contribution in [3.63, 3.8) is 0 Å². The molecule has 0 bridgehead atoms. The van der Waals surface area contributed by atoms with Crippen molar-refractivity contribution in [1.82, 2.24) is 10.2 Å². The Morgan fingerprint density at radius 1 is 0.914 bits per heavy atom. The molecule has 7 heteroatoms. The van der Waals surface area contributed by atoms with E-state index in [0.29, 0.717) is 6.54 Å². The number of hydrogen-bond donors (Lipinski definition) is 1. The van der Waals surface area contributed by atoms with Crippen LogP contribution in [-0.2, 0) is 29.0 Å². The maximum Gasteiger partial charge on any atom is 0.243 e. The van der Waals surface area contributed by atoms with Crippen LogP contribution in [0, 0.1) is 17.6 Å². The summed E-state index contributed by atoms with van der Waals surface area (Å²) in [5.41, 5.74) is 1.14. The SMILES string of the molecule is CC(C)CNC(=O)C(Cc1ccccc1)N(Cc1ccccc1F)C(=O)Cc1c(F)cccc1Cl. The average Bonchev–Trinajstić information content (AvgIpc) is 2.83. The van der Waals surface area contributed by atoms with Crippen molar-refractivity contribution in [2.75, 3.05) is 6.54 Å². The number of carbonyl (C=O) groups excluding carboxylic acids is 2. The Kier molecular flexibility index (Phi) is 9.38. The molecular formula is C28H29ClF2N2O2. The Morgan fingerprint density at radius 2 is 1.57 bits per heavy atom. The molecule has 1 N–H and O–H groups in total. The van der Waals surface area contributed by atoms with E-state index in [0.717, 1.165) is 5.56 Å². The van der Waals surface area contributed by atoms with E-state index < -0.39 is 23.6 Å². The lowest BCUT2D eigenvalue weighted by Crippen LogP contribution is -2.51. The maximum absolute atomic E-state index is 14.6. The molecule has 35 heavy (non-hydrogen) atoms. The van der Waals surface area contributed by atoms with Crippen LogP contribution in [0.5, 0.6) is 0 Å². The molecule has 0 aliphatic carbocycles. The molecule has 2 amide bonds. The van der Waals surface area contributed by atoms with Gasteiger partial charge in [0, 0.05) is 35.7 Å². The standard InChI is InChI=1S/C28H29ClF2N2O2/c1-19(2)17-32-28(35)26(15-20-9-4-3-5-10-20)33(18-21-11-6-7-13-24(21)30)27(34)16-22-23(29)12-8-14-25(22)31/h3-14,19,26H,15-18H2,1-2H3,(H,32,35). The normalized spacial score (nSPS) is 11.8. The lowest BCUT2D eigenvalue weighted by molar-refractivity contribution is -0.140. The molecule has 4 nitrogen and oxygen atoms in total. The van der Waals surface area contributed by atoms with Crippen LogP contribution >= 0.6 is 11.6 Å². The van der Waals surface area contributed by atoms with Crippen molar-refractivity contribution < 1.29 is 18.4 Å². The average molecular weight is 499 g/mol. The van der Waals surface area contributed by atoms with Crippen LogP contribution in [0.25, 0.3) is 0 Å². The molecule has 1 unspecified atom stereocenters. The van der Waals surface area contributed by atoms with E-state index in [2.05, 4.69) is 5.32 Å². The van der Waals surface area contributed by atoms with Gasteiger partial charge in [-0.2, -0.15) is 0 Å². The summed E-state index contributed by atoms with van der Waals surface area (Å²) in [5.74, 6) is -1.78. The second kappa shape index (κ2) is 12.5. The Hall–Kier alpha value is -3.25. The summed E-state index contributed by atoms with van der Waals surface area (Å²) >= 11 is 6.17. The lowest BCUT2D eigenvalue weighted by atomic mass is 10.0. The minimum Gasteiger partial charge on any atom is -0.354 e. The van der Waals surface area contributed by atoms with E-state index in [1.54, 1.807) is 18.2 Å². The topological polar surface area (TPSA) is 49.4 Å². The van der Waals surface area contributed by atoms with Crippen molar-refractivity contribution in [3.8, 4) is 0 Å². The predicted molar refractivity (Wildman–Crippen MR) is 134 cm³/mol. The van der Waals surface area contributed by atoms with Gasteiger partial charge in [0.1, 0.15) is 17.7 Å². The van der Waals surface area contributed by atoms with E-state index in [4.69, 9.17) is 11.6 Å². The molecule has 0 radical (unpaired) electrons. The van der Waals surface area contributed by atoms with Crippen molar-refractivity contribution in [2.45, 2.75) is 39.3 Å². The molecular weight excluding hydrogens is 470 g/mol. The minimum absolute atomic E-state index is 0.0405. The quantitative estimate of drug-likeness (QED) is 0.397. The smallest absolute Gasteiger partial charge is 0.243 e. The molecule has 0 aliphatic rings. The summed E-state index contributed by atoms with van der Waals surface area (Å²) in [6.07, 6.45) is -0.140. The number of hydrogen-bond acceptors (Lipinski definition) is 2. The van der Waals surface area contributed by atoms with E-state index in [1.807, 2.05) is 44.2 Å². The maximum atomic E-state index is 14.6. The van der Waals surface area contributed by atoms with Gasteiger partial charge in [0.25, 0.3) is 0 Å². The van der Waals surface area contributed by atoms with Gasteiger partial charge >= 0.3 is 0 Å². The number of benzene rings is 3. The van der Waals surface area contributed by atoms with Gasteiger partial charge in [-0.1, -0.05) is 80.0 Å². The van der Waals surface area contributed by atoms with Crippen LogP contribution in [0.2, 0.25) is 5.02 Å². The molecule has 0 aliphatic heterocycles. The number of nitrogens with one attached hydrogen (secondary N) is 1. The first-order valence-electron chi connectivity index (χ1n) is 11.5. The van der Waals surface area contributed by atoms with Crippen molar-refractivity contribution in [2.24, 2.45) is 5.92 Å². The summed E-state index contributed by atoms with van der Waals surface area (Å²) < 4.78 is 29.1. The first-order chi connectivity index (χ1) is 16.8. The first-order valence-corrected chi connectivity index (χ1v) is 11.9. The molecule has 0 saturated heterocycles. The Labute approximate surface area is 209 Å². The molecule has 0 fully saturated rings. The summed E-state index contributed by atoms with van der Waals surface area (Å²) in [7, 11) is 0. The number of nitrogens with zero attached hydrogens (tertiary/aromatic N) is 1. The summed E-state index contributed by atoms with van der Waals surface area (Å²) in [4.78, 5) is 28.3. The zero-order valence-corrected chi connectivity index (χ0v) is 20.6. The molecule has 0 aromatic heterocycles. The Bertz CT molecular complexity index is 1130. The number of rotatable bonds is 10. The molecule has 0 saturated carbocycles. The molecule has 0 heterocycles. The van der Waals surface area contributed by atoms with Crippen LogP contribution in [0.4, 0.5) is 8.78 Å². The monoisotopic (exact) mass is 498 g/mol. The van der Waals surface area contributed by atoms with Crippen molar-refractivity contribution in [3.05, 3.63) is 106 Å². The lowest BCUT2D eigenvalue weighted by Gasteiger charge is -2.32. The van der Waals surface area contributed by atoms with Gasteiger partial charge in [-0.15, -0.1) is 0 Å². The highest BCUT2D eigenvalue weighted by Crippen LogP contribution is 2.23. The molecule has 1 atom stereocenters. The third-order valence-corrected chi connectivity index (χ3v) is 6.00. The fourth-order valence-corrected chi connectivity index (χ4v) is 3.97. The second-order valence-electron chi connectivity index (χ2n) is 8.83. The summed E-state index contributed by atoms with van der Waals surface area (Å²) in [6, 6.07) is 18.6. The summed E-state index contributed by atoms with van der Waals surface area (Å²) in [5, 5.41) is 3.02. The van der Waals surface area contributed by atoms with Crippen LogP contribution < -0.4 is 5.32 Å². The van der Waals surface area contributed by atoms with Gasteiger partial charge in [-0.25, -0.2) is 8.78 Å². The molecule has 184 valence electrons. The molecule has 3 aromatic carbocycles. The summed E-state index contributed by atoms with van der Waals surface area (Å²) in [6.45, 7) is 4.21.